The monoisotopic (exact) mass is 298 g/mol. The lowest BCUT2D eigenvalue weighted by atomic mass is 10.1. The molecule has 1 fully saturated rings. The van der Waals surface area contributed by atoms with Crippen LogP contribution in [0.25, 0.3) is 0 Å². The van der Waals surface area contributed by atoms with Gasteiger partial charge in [0.15, 0.2) is 9.84 Å². The Bertz CT molecular complexity index is 513. The van der Waals surface area contributed by atoms with Crippen molar-refractivity contribution in [1.29, 1.82) is 0 Å². The summed E-state index contributed by atoms with van der Waals surface area (Å²) in [7, 11) is -5.48. The molecule has 0 radical (unpaired) electrons. The predicted molar refractivity (Wildman–Crippen MR) is 66.7 cm³/mol. The van der Waals surface area contributed by atoms with Crippen LogP contribution in [-0.2, 0) is 29.2 Å². The molecule has 0 N–H and O–H groups in total. The molecule has 0 heterocycles. The minimum Gasteiger partial charge on any atom is -0.469 e. The largest absolute Gasteiger partial charge is 0.469 e. The van der Waals surface area contributed by atoms with E-state index in [2.05, 4.69) is 4.74 Å². The summed E-state index contributed by atoms with van der Waals surface area (Å²) in [6, 6.07) is 0. The van der Waals surface area contributed by atoms with E-state index >= 15 is 0 Å². The second-order valence-corrected chi connectivity index (χ2v) is 9.42. The van der Waals surface area contributed by atoms with Gasteiger partial charge in [-0.2, -0.15) is 0 Å². The first-order valence-corrected chi connectivity index (χ1v) is 9.41. The Hall–Kier alpha value is -0.630. The van der Waals surface area contributed by atoms with Crippen molar-refractivity contribution < 1.29 is 26.4 Å². The predicted octanol–water partition coefficient (Wildman–Crippen LogP) is -0.211. The fourth-order valence-corrected chi connectivity index (χ4v) is 5.44. The molecule has 1 aliphatic carbocycles. The lowest BCUT2D eigenvalue weighted by molar-refractivity contribution is -0.141. The van der Waals surface area contributed by atoms with Crippen molar-refractivity contribution in [3.8, 4) is 0 Å². The van der Waals surface area contributed by atoms with Gasteiger partial charge in [0, 0.05) is 6.26 Å². The summed E-state index contributed by atoms with van der Waals surface area (Å²) in [5.74, 6) is -1.31. The van der Waals surface area contributed by atoms with Crippen LogP contribution in [-0.4, -0.2) is 53.4 Å². The summed E-state index contributed by atoms with van der Waals surface area (Å²) in [5, 5.41) is 0. The molecule has 0 aliphatic heterocycles. The van der Waals surface area contributed by atoms with Gasteiger partial charge >= 0.3 is 5.97 Å². The number of hydrogen-bond donors (Lipinski definition) is 0. The zero-order chi connectivity index (χ0) is 14.0. The maximum Gasteiger partial charge on any atom is 0.306 e. The standard InChI is InChI=1S/C10H18O6S2/c1-16-9(11)7-10(3-4-10)8-18(14,15)6-5-17(2,12)13/h3-8H2,1-2H3. The van der Waals surface area contributed by atoms with Crippen LogP contribution in [0, 0.1) is 5.41 Å². The van der Waals surface area contributed by atoms with Crippen LogP contribution in [0.3, 0.4) is 0 Å². The molecule has 0 aromatic rings. The molecule has 1 saturated carbocycles. The number of rotatable bonds is 7. The van der Waals surface area contributed by atoms with Gasteiger partial charge in [-0.25, -0.2) is 16.8 Å². The summed E-state index contributed by atoms with van der Waals surface area (Å²) in [6.07, 6.45) is 2.42. The normalized spacial score (nSPS) is 18.3. The first-order chi connectivity index (χ1) is 8.08. The highest BCUT2D eigenvalue weighted by atomic mass is 32.2. The SMILES string of the molecule is COC(=O)CC1(CS(=O)(=O)CCS(C)(=O)=O)CC1. The van der Waals surface area contributed by atoms with Gasteiger partial charge in [0.2, 0.25) is 0 Å². The van der Waals surface area contributed by atoms with E-state index in [4.69, 9.17) is 0 Å². The molecule has 18 heavy (non-hydrogen) atoms. The number of esters is 1. The average Bonchev–Trinajstić information content (AvgIpc) is 2.93. The van der Waals surface area contributed by atoms with Gasteiger partial charge in [0.25, 0.3) is 0 Å². The average molecular weight is 298 g/mol. The molecule has 1 aliphatic rings. The lowest BCUT2D eigenvalue weighted by Gasteiger charge is -2.13. The second kappa shape index (κ2) is 5.16. The zero-order valence-corrected chi connectivity index (χ0v) is 12.1. The summed E-state index contributed by atoms with van der Waals surface area (Å²) >= 11 is 0. The van der Waals surface area contributed by atoms with Gasteiger partial charge in [-0.3, -0.25) is 4.79 Å². The number of carbonyl (C=O) groups excluding carboxylic acids is 1. The van der Waals surface area contributed by atoms with Crippen LogP contribution in [0.2, 0.25) is 0 Å². The number of sulfone groups is 2. The van der Waals surface area contributed by atoms with Crippen LogP contribution >= 0.6 is 0 Å². The molecule has 8 heteroatoms. The molecule has 0 spiro atoms. The Morgan fingerprint density at radius 1 is 1.17 bits per heavy atom. The highest BCUT2D eigenvalue weighted by Crippen LogP contribution is 2.50. The van der Waals surface area contributed by atoms with E-state index in [9.17, 15) is 21.6 Å². The Morgan fingerprint density at radius 2 is 1.72 bits per heavy atom. The van der Waals surface area contributed by atoms with Gasteiger partial charge < -0.3 is 4.74 Å². The minimum absolute atomic E-state index is 0.0849. The molecule has 0 unspecified atom stereocenters. The third-order valence-electron chi connectivity index (χ3n) is 3.00. The Balaban J connectivity index is 2.58. The van der Waals surface area contributed by atoms with Crippen molar-refractivity contribution in [1.82, 2.24) is 0 Å². The van der Waals surface area contributed by atoms with Crippen molar-refractivity contribution in [2.24, 2.45) is 5.41 Å². The smallest absolute Gasteiger partial charge is 0.306 e. The lowest BCUT2D eigenvalue weighted by Crippen LogP contribution is -2.26. The fourth-order valence-electron chi connectivity index (χ4n) is 1.74. The first-order valence-electron chi connectivity index (χ1n) is 5.53. The summed E-state index contributed by atoms with van der Waals surface area (Å²) in [5.41, 5.74) is -0.524. The second-order valence-electron chi connectivity index (χ2n) is 4.97. The van der Waals surface area contributed by atoms with Crippen molar-refractivity contribution >= 4 is 25.6 Å². The first kappa shape index (κ1) is 15.4. The van der Waals surface area contributed by atoms with Crippen LogP contribution < -0.4 is 0 Å². The number of hydrogen-bond acceptors (Lipinski definition) is 6. The molecule has 0 aromatic carbocycles. The third kappa shape index (κ3) is 5.34. The van der Waals surface area contributed by atoms with Crippen LogP contribution in [0.5, 0.6) is 0 Å². The summed E-state index contributed by atoms with van der Waals surface area (Å²) in [4.78, 5) is 11.2. The van der Waals surface area contributed by atoms with Crippen LogP contribution in [0.4, 0.5) is 0 Å². The minimum atomic E-state index is -3.45. The third-order valence-corrected chi connectivity index (χ3v) is 6.08. The van der Waals surface area contributed by atoms with E-state index < -0.39 is 31.1 Å². The van der Waals surface area contributed by atoms with Gasteiger partial charge in [-0.05, 0) is 18.3 Å². The van der Waals surface area contributed by atoms with Crippen LogP contribution in [0.15, 0.2) is 0 Å². The van der Waals surface area contributed by atoms with Crippen LogP contribution in [0.1, 0.15) is 19.3 Å². The van der Waals surface area contributed by atoms with E-state index in [1.54, 1.807) is 0 Å². The van der Waals surface area contributed by atoms with E-state index in [1.165, 1.54) is 7.11 Å². The van der Waals surface area contributed by atoms with Crippen molar-refractivity contribution in [2.45, 2.75) is 19.3 Å². The van der Waals surface area contributed by atoms with Gasteiger partial charge in [0.05, 0.1) is 30.8 Å². The fraction of sp³-hybridized carbons (Fsp3) is 0.900. The Morgan fingerprint density at radius 3 is 2.11 bits per heavy atom. The molecule has 0 atom stereocenters. The molecule has 0 aromatic heterocycles. The number of carbonyl (C=O) groups is 1. The highest BCUT2D eigenvalue weighted by molar-refractivity contribution is 7.94. The molecule has 1 rings (SSSR count). The zero-order valence-electron chi connectivity index (χ0n) is 10.5. The van der Waals surface area contributed by atoms with Crippen molar-refractivity contribution in [3.05, 3.63) is 0 Å². The summed E-state index contributed by atoms with van der Waals surface area (Å²) < 4.78 is 50.0. The number of methoxy groups -OCH3 is 1. The Kier molecular flexibility index (Phi) is 4.42. The maximum atomic E-state index is 11.8. The molecule has 0 saturated heterocycles. The van der Waals surface area contributed by atoms with E-state index in [0.717, 1.165) is 6.26 Å². The Labute approximate surface area is 108 Å². The summed E-state index contributed by atoms with van der Waals surface area (Å²) in [6.45, 7) is 0. The molecule has 106 valence electrons. The van der Waals surface area contributed by atoms with Gasteiger partial charge in [0.1, 0.15) is 9.84 Å². The quantitative estimate of drug-likeness (QED) is 0.604. The molecular formula is C10H18O6S2. The molecule has 0 bridgehead atoms. The highest BCUT2D eigenvalue weighted by Gasteiger charge is 2.47. The van der Waals surface area contributed by atoms with E-state index in [1.807, 2.05) is 0 Å². The molecular weight excluding hydrogens is 280 g/mol. The maximum absolute atomic E-state index is 11.8. The van der Waals surface area contributed by atoms with Gasteiger partial charge in [-0.15, -0.1) is 0 Å². The molecule has 6 nitrogen and oxygen atoms in total. The van der Waals surface area contributed by atoms with Gasteiger partial charge in [-0.1, -0.05) is 0 Å². The van der Waals surface area contributed by atoms with Crippen molar-refractivity contribution in [2.75, 3.05) is 30.6 Å². The topological polar surface area (TPSA) is 94.6 Å². The number of ether oxygens (including phenoxy) is 1. The van der Waals surface area contributed by atoms with E-state index in [0.29, 0.717) is 12.8 Å². The van der Waals surface area contributed by atoms with E-state index in [-0.39, 0.29) is 23.7 Å². The van der Waals surface area contributed by atoms with Crippen molar-refractivity contribution in [3.63, 3.8) is 0 Å². The molecule has 0 amide bonds.